The molecule has 0 heterocycles. The summed E-state index contributed by atoms with van der Waals surface area (Å²) < 4.78 is 26.2. The Balaban J connectivity index is 3.30. The first-order valence-corrected chi connectivity index (χ1v) is 8.06. The van der Waals surface area contributed by atoms with Gasteiger partial charge in [-0.2, -0.15) is 4.31 Å². The number of rotatable bonds is 5. The Kier molecular flexibility index (Phi) is 5.74. The third kappa shape index (κ3) is 3.52. The van der Waals surface area contributed by atoms with Crippen LogP contribution >= 0.6 is 34.8 Å². The Morgan fingerprint density at radius 2 is 1.89 bits per heavy atom. The van der Waals surface area contributed by atoms with Crippen molar-refractivity contribution in [3.63, 3.8) is 0 Å². The van der Waals surface area contributed by atoms with E-state index in [4.69, 9.17) is 34.8 Å². The summed E-state index contributed by atoms with van der Waals surface area (Å²) in [5.41, 5.74) is 0. The Morgan fingerprint density at radius 3 is 2.39 bits per heavy atom. The van der Waals surface area contributed by atoms with Gasteiger partial charge in [0.15, 0.2) is 0 Å². The van der Waals surface area contributed by atoms with Gasteiger partial charge in [0.25, 0.3) is 0 Å². The molecule has 0 aliphatic carbocycles. The van der Waals surface area contributed by atoms with E-state index in [1.807, 2.05) is 0 Å². The monoisotopic (exact) mass is 329 g/mol. The van der Waals surface area contributed by atoms with Crippen LogP contribution in [0.4, 0.5) is 0 Å². The smallest absolute Gasteiger partial charge is 0.207 e. The van der Waals surface area contributed by atoms with Crippen molar-refractivity contribution in [3.05, 3.63) is 28.2 Å². The van der Waals surface area contributed by atoms with E-state index in [1.165, 1.54) is 16.4 Å². The molecule has 0 saturated heterocycles. The van der Waals surface area contributed by atoms with Crippen LogP contribution in [0.1, 0.15) is 13.8 Å². The number of hydrogen-bond acceptors (Lipinski definition) is 2. The summed E-state index contributed by atoms with van der Waals surface area (Å²) in [6, 6.07) is 4.16. The average molecular weight is 331 g/mol. The van der Waals surface area contributed by atoms with E-state index < -0.39 is 10.0 Å². The first kappa shape index (κ1) is 16.1. The molecule has 0 fully saturated rings. The predicted octanol–water partition coefficient (Wildman–Crippen LogP) is 3.63. The molecule has 0 radical (unpaired) electrons. The van der Waals surface area contributed by atoms with Crippen LogP contribution in [0.25, 0.3) is 0 Å². The van der Waals surface area contributed by atoms with E-state index in [1.54, 1.807) is 19.9 Å². The molecule has 0 aliphatic rings. The van der Waals surface area contributed by atoms with Crippen LogP contribution in [-0.2, 0) is 10.0 Å². The van der Waals surface area contributed by atoms with E-state index >= 15 is 0 Å². The van der Waals surface area contributed by atoms with E-state index in [0.717, 1.165) is 0 Å². The van der Waals surface area contributed by atoms with E-state index in [2.05, 4.69) is 0 Å². The van der Waals surface area contributed by atoms with Crippen LogP contribution in [0.3, 0.4) is 0 Å². The normalized spacial score (nSPS) is 12.4. The van der Waals surface area contributed by atoms with Gasteiger partial charge in [-0.25, -0.2) is 8.42 Å². The molecule has 102 valence electrons. The third-order valence-electron chi connectivity index (χ3n) is 2.36. The average Bonchev–Trinajstić information content (AvgIpc) is 2.28. The van der Waals surface area contributed by atoms with Crippen molar-refractivity contribution in [1.82, 2.24) is 4.31 Å². The molecule has 7 heteroatoms. The number of nitrogens with zero attached hydrogens (tertiary/aromatic N) is 1. The highest BCUT2D eigenvalue weighted by molar-refractivity contribution is 7.89. The summed E-state index contributed by atoms with van der Waals surface area (Å²) in [7, 11) is -3.68. The molecule has 0 amide bonds. The van der Waals surface area contributed by atoms with Gasteiger partial charge in [-0.3, -0.25) is 0 Å². The maximum atomic E-state index is 12.5. The Hall–Kier alpha value is -0.000000000000000111. The number of benzene rings is 1. The summed E-state index contributed by atoms with van der Waals surface area (Å²) in [6.45, 7) is 3.79. The molecule has 1 aromatic carbocycles. The van der Waals surface area contributed by atoms with Gasteiger partial charge in [0.1, 0.15) is 4.90 Å². The molecule has 18 heavy (non-hydrogen) atoms. The molecular weight excluding hydrogens is 317 g/mol. The summed E-state index contributed by atoms with van der Waals surface area (Å²) in [6.07, 6.45) is 0. The Bertz CT molecular complexity index is 517. The maximum absolute atomic E-state index is 12.5. The highest BCUT2D eigenvalue weighted by Crippen LogP contribution is 2.28. The lowest BCUT2D eigenvalue weighted by molar-refractivity contribution is 0.370. The molecule has 0 atom stereocenters. The minimum atomic E-state index is -3.68. The second kappa shape index (κ2) is 6.44. The van der Waals surface area contributed by atoms with E-state index in [-0.39, 0.29) is 28.4 Å². The van der Waals surface area contributed by atoms with Crippen LogP contribution in [0.2, 0.25) is 10.0 Å². The van der Waals surface area contributed by atoms with Crippen LogP contribution < -0.4 is 0 Å². The fourth-order valence-electron chi connectivity index (χ4n) is 1.54. The standard InChI is InChI=1S/C11H14Cl3NO2S/c1-8(2)15(6-5-12)18(16,17)11-7-9(13)3-4-10(11)14/h3-4,7-8H,5-6H2,1-2H3. The summed E-state index contributed by atoms with van der Waals surface area (Å²) in [4.78, 5) is 0.00971. The zero-order valence-electron chi connectivity index (χ0n) is 10.0. The molecule has 0 aromatic heterocycles. The van der Waals surface area contributed by atoms with Crippen molar-refractivity contribution < 1.29 is 8.42 Å². The van der Waals surface area contributed by atoms with Gasteiger partial charge in [-0.15, -0.1) is 11.6 Å². The zero-order chi connectivity index (χ0) is 13.9. The number of halogens is 3. The van der Waals surface area contributed by atoms with Crippen LogP contribution in [0.5, 0.6) is 0 Å². The maximum Gasteiger partial charge on any atom is 0.244 e. The predicted molar refractivity (Wildman–Crippen MR) is 76.2 cm³/mol. The van der Waals surface area contributed by atoms with Gasteiger partial charge in [0.2, 0.25) is 10.0 Å². The lowest BCUT2D eigenvalue weighted by Crippen LogP contribution is -2.38. The molecule has 1 rings (SSSR count). The molecule has 0 saturated carbocycles. The first-order chi connectivity index (χ1) is 8.30. The fourth-order valence-corrected chi connectivity index (χ4v) is 4.20. The van der Waals surface area contributed by atoms with E-state index in [0.29, 0.717) is 5.02 Å². The summed E-state index contributed by atoms with van der Waals surface area (Å²) >= 11 is 17.4. The van der Waals surface area contributed by atoms with Crippen molar-refractivity contribution in [2.24, 2.45) is 0 Å². The van der Waals surface area contributed by atoms with Crippen molar-refractivity contribution in [1.29, 1.82) is 0 Å². The molecule has 0 N–H and O–H groups in total. The van der Waals surface area contributed by atoms with Crippen molar-refractivity contribution >= 4 is 44.8 Å². The Labute approximate surface area is 123 Å². The number of alkyl halides is 1. The van der Waals surface area contributed by atoms with Crippen LogP contribution in [0, 0.1) is 0 Å². The SMILES string of the molecule is CC(C)N(CCCl)S(=O)(=O)c1cc(Cl)ccc1Cl. The summed E-state index contributed by atoms with van der Waals surface area (Å²) in [5, 5.41) is 0.479. The molecular formula is C11H14Cl3NO2S. The zero-order valence-corrected chi connectivity index (χ0v) is 13.1. The second-order valence-electron chi connectivity index (χ2n) is 3.97. The van der Waals surface area contributed by atoms with Gasteiger partial charge in [-0.1, -0.05) is 23.2 Å². The van der Waals surface area contributed by atoms with Crippen LogP contribution in [0.15, 0.2) is 23.1 Å². The molecule has 0 unspecified atom stereocenters. The lowest BCUT2D eigenvalue weighted by Gasteiger charge is -2.25. The largest absolute Gasteiger partial charge is 0.244 e. The van der Waals surface area contributed by atoms with Gasteiger partial charge in [-0.05, 0) is 32.0 Å². The molecule has 0 aliphatic heterocycles. The topological polar surface area (TPSA) is 37.4 Å². The Morgan fingerprint density at radius 1 is 1.28 bits per heavy atom. The molecule has 1 aromatic rings. The lowest BCUT2D eigenvalue weighted by atomic mass is 10.4. The van der Waals surface area contributed by atoms with Gasteiger partial charge in [0, 0.05) is 23.5 Å². The highest BCUT2D eigenvalue weighted by atomic mass is 35.5. The summed E-state index contributed by atoms with van der Waals surface area (Å²) in [5.74, 6) is 0.218. The quantitative estimate of drug-likeness (QED) is 0.773. The van der Waals surface area contributed by atoms with Crippen molar-refractivity contribution in [2.45, 2.75) is 24.8 Å². The van der Waals surface area contributed by atoms with Crippen molar-refractivity contribution in [2.75, 3.05) is 12.4 Å². The van der Waals surface area contributed by atoms with Crippen LogP contribution in [-0.4, -0.2) is 31.2 Å². The van der Waals surface area contributed by atoms with Gasteiger partial charge >= 0.3 is 0 Å². The molecule has 0 spiro atoms. The number of sulfonamides is 1. The van der Waals surface area contributed by atoms with Gasteiger partial charge in [0.05, 0.1) is 5.02 Å². The van der Waals surface area contributed by atoms with Crippen molar-refractivity contribution in [3.8, 4) is 0 Å². The first-order valence-electron chi connectivity index (χ1n) is 5.33. The van der Waals surface area contributed by atoms with E-state index in [9.17, 15) is 8.42 Å². The molecule has 0 bridgehead atoms. The van der Waals surface area contributed by atoms with Gasteiger partial charge < -0.3 is 0 Å². The third-order valence-corrected chi connectivity index (χ3v) is 5.32. The second-order valence-corrected chi connectivity index (χ2v) is 7.05. The number of hydrogen-bond donors (Lipinski definition) is 0. The highest BCUT2D eigenvalue weighted by Gasteiger charge is 2.28. The fraction of sp³-hybridized carbons (Fsp3) is 0.455. The minimum Gasteiger partial charge on any atom is -0.207 e. The minimum absolute atomic E-state index is 0.00971. The molecule has 3 nitrogen and oxygen atoms in total.